The summed E-state index contributed by atoms with van der Waals surface area (Å²) in [5.74, 6) is 0.179. The molecule has 0 unspecified atom stereocenters. The van der Waals surface area contributed by atoms with E-state index in [-0.39, 0.29) is 18.4 Å². The SMILES string of the molecule is CCN1CCN(Cc2ccccc2CNC(=O)CNC(=O)c2ccc(OC)cc2)CC1. The number of methoxy groups -OCH3 is 1. The molecule has 0 saturated carbocycles. The molecule has 7 nitrogen and oxygen atoms in total. The van der Waals surface area contributed by atoms with Crippen molar-refractivity contribution in [1.82, 2.24) is 20.4 Å². The number of nitrogens with zero attached hydrogens (tertiary/aromatic N) is 2. The number of ether oxygens (including phenoxy) is 1. The average Bonchev–Trinajstić information content (AvgIpc) is 2.82. The zero-order valence-electron chi connectivity index (χ0n) is 18.4. The Morgan fingerprint density at radius 2 is 1.55 bits per heavy atom. The van der Waals surface area contributed by atoms with E-state index in [9.17, 15) is 9.59 Å². The van der Waals surface area contributed by atoms with Crippen LogP contribution in [0.1, 0.15) is 28.4 Å². The van der Waals surface area contributed by atoms with Crippen LogP contribution in [-0.2, 0) is 17.9 Å². The van der Waals surface area contributed by atoms with Crippen molar-refractivity contribution in [3.8, 4) is 5.75 Å². The summed E-state index contributed by atoms with van der Waals surface area (Å²) in [5.41, 5.74) is 2.83. The van der Waals surface area contributed by atoms with E-state index >= 15 is 0 Å². The molecule has 0 radical (unpaired) electrons. The quantitative estimate of drug-likeness (QED) is 0.643. The minimum absolute atomic E-state index is 0.0635. The molecule has 1 aliphatic heterocycles. The topological polar surface area (TPSA) is 73.9 Å². The second-order valence-electron chi connectivity index (χ2n) is 7.67. The van der Waals surface area contributed by atoms with Crippen LogP contribution in [0.5, 0.6) is 5.75 Å². The summed E-state index contributed by atoms with van der Waals surface area (Å²) in [6.07, 6.45) is 0. The first-order valence-corrected chi connectivity index (χ1v) is 10.8. The summed E-state index contributed by atoms with van der Waals surface area (Å²) in [7, 11) is 1.57. The van der Waals surface area contributed by atoms with E-state index in [1.807, 2.05) is 18.2 Å². The minimum Gasteiger partial charge on any atom is -0.497 e. The third-order valence-corrected chi connectivity index (χ3v) is 5.66. The second kappa shape index (κ2) is 11.5. The van der Waals surface area contributed by atoms with Gasteiger partial charge in [-0.15, -0.1) is 0 Å². The van der Waals surface area contributed by atoms with Crippen molar-refractivity contribution >= 4 is 11.8 Å². The molecular weight excluding hydrogens is 392 g/mol. The van der Waals surface area contributed by atoms with Crippen molar-refractivity contribution < 1.29 is 14.3 Å². The van der Waals surface area contributed by atoms with Gasteiger partial charge in [-0.05, 0) is 41.9 Å². The molecule has 31 heavy (non-hydrogen) atoms. The Hall–Kier alpha value is -2.90. The number of carbonyl (C=O) groups is 2. The molecule has 1 heterocycles. The Labute approximate surface area is 184 Å². The van der Waals surface area contributed by atoms with Gasteiger partial charge in [0.2, 0.25) is 5.91 Å². The summed E-state index contributed by atoms with van der Waals surface area (Å²) in [5, 5.41) is 5.58. The first kappa shape index (κ1) is 22.8. The second-order valence-corrected chi connectivity index (χ2v) is 7.67. The first-order valence-electron chi connectivity index (χ1n) is 10.8. The van der Waals surface area contributed by atoms with Gasteiger partial charge in [0.1, 0.15) is 5.75 Å². The van der Waals surface area contributed by atoms with Crippen molar-refractivity contribution in [3.05, 3.63) is 65.2 Å². The minimum atomic E-state index is -0.288. The molecular formula is C24H32N4O3. The Balaban J connectivity index is 1.46. The van der Waals surface area contributed by atoms with Crippen LogP contribution in [0, 0.1) is 0 Å². The third kappa shape index (κ3) is 6.80. The average molecular weight is 425 g/mol. The maximum Gasteiger partial charge on any atom is 0.251 e. The summed E-state index contributed by atoms with van der Waals surface area (Å²) in [4.78, 5) is 29.4. The Morgan fingerprint density at radius 3 is 2.19 bits per heavy atom. The van der Waals surface area contributed by atoms with Crippen LogP contribution in [0.2, 0.25) is 0 Å². The van der Waals surface area contributed by atoms with Gasteiger partial charge >= 0.3 is 0 Å². The summed E-state index contributed by atoms with van der Waals surface area (Å²) in [6.45, 7) is 8.90. The van der Waals surface area contributed by atoms with Gasteiger partial charge in [-0.2, -0.15) is 0 Å². The van der Waals surface area contributed by atoms with Gasteiger partial charge in [0, 0.05) is 44.8 Å². The molecule has 0 aliphatic carbocycles. The van der Waals surface area contributed by atoms with Crippen molar-refractivity contribution in [2.24, 2.45) is 0 Å². The Kier molecular flexibility index (Phi) is 8.44. The number of nitrogens with one attached hydrogen (secondary N) is 2. The van der Waals surface area contributed by atoms with Gasteiger partial charge in [-0.1, -0.05) is 31.2 Å². The Bertz CT molecular complexity index is 861. The molecule has 1 aliphatic rings. The van der Waals surface area contributed by atoms with E-state index in [0.29, 0.717) is 17.9 Å². The largest absolute Gasteiger partial charge is 0.497 e. The highest BCUT2D eigenvalue weighted by molar-refractivity contribution is 5.96. The molecule has 166 valence electrons. The predicted molar refractivity (Wildman–Crippen MR) is 121 cm³/mol. The Morgan fingerprint density at radius 1 is 0.903 bits per heavy atom. The highest BCUT2D eigenvalue weighted by Crippen LogP contribution is 2.14. The maximum absolute atomic E-state index is 12.3. The van der Waals surface area contributed by atoms with Crippen molar-refractivity contribution in [2.75, 3.05) is 46.4 Å². The number of amides is 2. The number of hydrogen-bond acceptors (Lipinski definition) is 5. The van der Waals surface area contributed by atoms with E-state index in [2.05, 4.69) is 33.4 Å². The van der Waals surface area contributed by atoms with E-state index < -0.39 is 0 Å². The first-order chi connectivity index (χ1) is 15.1. The van der Waals surface area contributed by atoms with Crippen LogP contribution in [0.25, 0.3) is 0 Å². The molecule has 0 bridgehead atoms. The smallest absolute Gasteiger partial charge is 0.251 e. The van der Waals surface area contributed by atoms with E-state index in [4.69, 9.17) is 4.74 Å². The number of benzene rings is 2. The molecule has 0 aromatic heterocycles. The monoisotopic (exact) mass is 424 g/mol. The lowest BCUT2D eigenvalue weighted by atomic mass is 10.1. The number of piperazine rings is 1. The zero-order valence-corrected chi connectivity index (χ0v) is 18.4. The van der Waals surface area contributed by atoms with E-state index in [1.165, 1.54) is 5.56 Å². The van der Waals surface area contributed by atoms with E-state index in [1.54, 1.807) is 31.4 Å². The van der Waals surface area contributed by atoms with Gasteiger partial charge in [-0.25, -0.2) is 0 Å². The number of carbonyl (C=O) groups excluding carboxylic acids is 2. The molecule has 2 amide bonds. The number of likely N-dealkylation sites (N-methyl/N-ethyl adjacent to an activating group) is 1. The van der Waals surface area contributed by atoms with Crippen LogP contribution in [0.4, 0.5) is 0 Å². The van der Waals surface area contributed by atoms with Crippen molar-refractivity contribution in [3.63, 3.8) is 0 Å². The van der Waals surface area contributed by atoms with Gasteiger partial charge < -0.3 is 20.3 Å². The highest BCUT2D eigenvalue weighted by Gasteiger charge is 2.17. The fourth-order valence-corrected chi connectivity index (χ4v) is 3.65. The standard InChI is InChI=1S/C24H32N4O3/c1-3-27-12-14-28(15-13-27)18-21-7-5-4-6-20(21)16-25-23(29)17-26-24(30)19-8-10-22(31-2)11-9-19/h4-11H,3,12-18H2,1-2H3,(H,25,29)(H,26,30). The molecule has 1 saturated heterocycles. The van der Waals surface area contributed by atoms with Gasteiger partial charge in [0.15, 0.2) is 0 Å². The van der Waals surface area contributed by atoms with Crippen LogP contribution in [-0.4, -0.2) is 68.0 Å². The molecule has 2 aromatic carbocycles. The highest BCUT2D eigenvalue weighted by atomic mass is 16.5. The summed E-state index contributed by atoms with van der Waals surface area (Å²) >= 11 is 0. The molecule has 2 aromatic rings. The molecule has 0 atom stereocenters. The fourth-order valence-electron chi connectivity index (χ4n) is 3.65. The zero-order chi connectivity index (χ0) is 22.1. The van der Waals surface area contributed by atoms with Crippen LogP contribution in [0.3, 0.4) is 0 Å². The summed E-state index contributed by atoms with van der Waals surface area (Å²) < 4.78 is 5.09. The molecule has 0 spiro atoms. The lowest BCUT2D eigenvalue weighted by molar-refractivity contribution is -0.120. The van der Waals surface area contributed by atoms with Crippen LogP contribution in [0.15, 0.2) is 48.5 Å². The molecule has 2 N–H and O–H groups in total. The van der Waals surface area contributed by atoms with Gasteiger partial charge in [0.05, 0.1) is 13.7 Å². The van der Waals surface area contributed by atoms with Gasteiger partial charge in [-0.3, -0.25) is 14.5 Å². The number of rotatable bonds is 9. The molecule has 1 fully saturated rings. The van der Waals surface area contributed by atoms with Gasteiger partial charge in [0.25, 0.3) is 5.91 Å². The molecule has 7 heteroatoms. The van der Waals surface area contributed by atoms with E-state index in [0.717, 1.165) is 44.8 Å². The predicted octanol–water partition coefficient (Wildman–Crippen LogP) is 1.88. The van der Waals surface area contributed by atoms with Crippen molar-refractivity contribution in [1.29, 1.82) is 0 Å². The maximum atomic E-state index is 12.3. The molecule has 3 rings (SSSR count). The van der Waals surface area contributed by atoms with Crippen molar-refractivity contribution in [2.45, 2.75) is 20.0 Å². The number of hydrogen-bond donors (Lipinski definition) is 2. The lowest BCUT2D eigenvalue weighted by Crippen LogP contribution is -2.45. The summed E-state index contributed by atoms with van der Waals surface area (Å²) in [6, 6.07) is 15.0. The lowest BCUT2D eigenvalue weighted by Gasteiger charge is -2.34. The van der Waals surface area contributed by atoms with Crippen LogP contribution < -0.4 is 15.4 Å². The normalized spacial score (nSPS) is 14.8. The third-order valence-electron chi connectivity index (χ3n) is 5.66. The van der Waals surface area contributed by atoms with Crippen LogP contribution >= 0.6 is 0 Å². The fraction of sp³-hybridized carbons (Fsp3) is 0.417.